The van der Waals surface area contributed by atoms with E-state index in [4.69, 9.17) is 13.9 Å². The van der Waals surface area contributed by atoms with E-state index in [0.29, 0.717) is 33.6 Å². The molecule has 0 aliphatic heterocycles. The van der Waals surface area contributed by atoms with Gasteiger partial charge in [-0.15, -0.1) is 0 Å². The largest absolute Gasteiger partial charge is 0.497 e. The van der Waals surface area contributed by atoms with Crippen LogP contribution in [0.5, 0.6) is 5.75 Å². The Hall–Kier alpha value is -3.54. The number of ether oxygens (including phenoxy) is 2. The average Bonchev–Trinajstić information content (AvgIpc) is 3.05. The molecule has 0 radical (unpaired) electrons. The normalized spacial score (nSPS) is 11.0. The van der Waals surface area contributed by atoms with Gasteiger partial charge in [0.15, 0.2) is 5.58 Å². The molecule has 4 aromatic rings. The minimum atomic E-state index is -0.688. The van der Waals surface area contributed by atoms with Crippen LogP contribution in [0, 0.1) is 0 Å². The van der Waals surface area contributed by atoms with Crippen LogP contribution in [0.1, 0.15) is 17.3 Å². The highest BCUT2D eigenvalue weighted by molar-refractivity contribution is 6.12. The molecule has 2 heterocycles. The Balaban J connectivity index is 2.11. The standard InChI is InChI=1S/C21H17NO5/c1-3-26-21(24)17-16(12-8-10-13(25-2)11-9-12)19-18(22-20(17)23)14-6-4-5-7-15(14)27-19/h4-11H,3H2,1-2H3,(H,22,23). The number of H-pyrrole nitrogens is 1. The molecule has 0 saturated heterocycles. The first kappa shape index (κ1) is 16.9. The highest BCUT2D eigenvalue weighted by Crippen LogP contribution is 2.36. The first-order chi connectivity index (χ1) is 13.1. The zero-order valence-corrected chi connectivity index (χ0v) is 14.9. The summed E-state index contributed by atoms with van der Waals surface area (Å²) in [6, 6.07) is 14.5. The topological polar surface area (TPSA) is 81.5 Å². The van der Waals surface area contributed by atoms with E-state index in [1.165, 1.54) is 0 Å². The van der Waals surface area contributed by atoms with Crippen molar-refractivity contribution in [1.82, 2.24) is 4.98 Å². The number of furan rings is 1. The molecule has 0 unspecified atom stereocenters. The van der Waals surface area contributed by atoms with Crippen LogP contribution in [0.3, 0.4) is 0 Å². The highest BCUT2D eigenvalue weighted by Gasteiger charge is 2.25. The third-order valence-electron chi connectivity index (χ3n) is 4.40. The summed E-state index contributed by atoms with van der Waals surface area (Å²) in [5, 5.41) is 0.773. The lowest BCUT2D eigenvalue weighted by molar-refractivity contribution is 0.0525. The van der Waals surface area contributed by atoms with Gasteiger partial charge in [0.2, 0.25) is 0 Å². The third kappa shape index (κ3) is 2.75. The number of aromatic amines is 1. The number of rotatable bonds is 4. The van der Waals surface area contributed by atoms with Gasteiger partial charge < -0.3 is 18.9 Å². The Morgan fingerprint density at radius 3 is 2.56 bits per heavy atom. The number of pyridine rings is 1. The molecule has 0 saturated carbocycles. The second-order valence-electron chi connectivity index (χ2n) is 5.96. The van der Waals surface area contributed by atoms with Gasteiger partial charge in [0, 0.05) is 10.9 Å². The molecule has 2 aromatic heterocycles. The van der Waals surface area contributed by atoms with Gasteiger partial charge in [0.25, 0.3) is 5.56 Å². The Kier molecular flexibility index (Phi) is 4.16. The van der Waals surface area contributed by atoms with Crippen LogP contribution < -0.4 is 10.3 Å². The van der Waals surface area contributed by atoms with Crippen molar-refractivity contribution in [1.29, 1.82) is 0 Å². The molecule has 136 valence electrons. The Bertz CT molecular complexity index is 1200. The monoisotopic (exact) mass is 363 g/mol. The summed E-state index contributed by atoms with van der Waals surface area (Å²) in [6.45, 7) is 1.86. The maximum Gasteiger partial charge on any atom is 0.344 e. The molecule has 0 fully saturated rings. The summed E-state index contributed by atoms with van der Waals surface area (Å²) < 4.78 is 16.3. The highest BCUT2D eigenvalue weighted by atomic mass is 16.5. The predicted octanol–water partition coefficient (Wildman–Crippen LogP) is 4.13. The fourth-order valence-electron chi connectivity index (χ4n) is 3.18. The Morgan fingerprint density at radius 1 is 1.11 bits per heavy atom. The molecule has 1 N–H and O–H groups in total. The van der Waals surface area contributed by atoms with Crippen LogP contribution in [0.25, 0.3) is 33.2 Å². The predicted molar refractivity (Wildman–Crippen MR) is 102 cm³/mol. The summed E-state index contributed by atoms with van der Waals surface area (Å²) >= 11 is 0. The SMILES string of the molecule is CCOC(=O)c1c(-c2ccc(OC)cc2)c2oc3ccccc3c2[nH]c1=O. The van der Waals surface area contributed by atoms with Crippen molar-refractivity contribution in [3.05, 3.63) is 64.4 Å². The van der Waals surface area contributed by atoms with Crippen molar-refractivity contribution in [3.8, 4) is 16.9 Å². The molecule has 0 bridgehead atoms. The first-order valence-corrected chi connectivity index (χ1v) is 8.53. The fraction of sp³-hybridized carbons (Fsp3) is 0.143. The lowest BCUT2D eigenvalue weighted by Crippen LogP contribution is -2.21. The maximum absolute atomic E-state index is 12.8. The molecule has 0 spiro atoms. The maximum atomic E-state index is 12.8. The van der Waals surface area contributed by atoms with E-state index in [-0.39, 0.29) is 12.2 Å². The number of carbonyl (C=O) groups is 1. The van der Waals surface area contributed by atoms with E-state index >= 15 is 0 Å². The van der Waals surface area contributed by atoms with Gasteiger partial charge in [-0.3, -0.25) is 4.79 Å². The van der Waals surface area contributed by atoms with Crippen LogP contribution in [0.4, 0.5) is 0 Å². The van der Waals surface area contributed by atoms with Crippen molar-refractivity contribution in [3.63, 3.8) is 0 Å². The molecule has 0 atom stereocenters. The van der Waals surface area contributed by atoms with Crippen LogP contribution in [0.15, 0.2) is 57.7 Å². The second kappa shape index (κ2) is 6.64. The van der Waals surface area contributed by atoms with Crippen molar-refractivity contribution in [2.24, 2.45) is 0 Å². The first-order valence-electron chi connectivity index (χ1n) is 8.53. The number of aromatic nitrogens is 1. The van der Waals surface area contributed by atoms with E-state index in [2.05, 4.69) is 4.98 Å². The van der Waals surface area contributed by atoms with Crippen molar-refractivity contribution < 1.29 is 18.7 Å². The van der Waals surface area contributed by atoms with Crippen molar-refractivity contribution >= 4 is 28.0 Å². The number of methoxy groups -OCH3 is 1. The minimum Gasteiger partial charge on any atom is -0.497 e. The summed E-state index contributed by atoms with van der Waals surface area (Å²) in [7, 11) is 1.57. The van der Waals surface area contributed by atoms with E-state index in [1.807, 2.05) is 24.3 Å². The number of hydrogen-bond donors (Lipinski definition) is 1. The summed E-state index contributed by atoms with van der Waals surface area (Å²) in [6.07, 6.45) is 0. The fourth-order valence-corrected chi connectivity index (χ4v) is 3.18. The molecular formula is C21H17NO5. The Morgan fingerprint density at radius 2 is 1.85 bits per heavy atom. The lowest BCUT2D eigenvalue weighted by Gasteiger charge is -2.10. The second-order valence-corrected chi connectivity index (χ2v) is 5.96. The van der Waals surface area contributed by atoms with Crippen LogP contribution in [-0.2, 0) is 4.74 Å². The number of hydrogen-bond acceptors (Lipinski definition) is 5. The number of esters is 1. The number of carbonyl (C=O) groups excluding carboxylic acids is 1. The van der Waals surface area contributed by atoms with Gasteiger partial charge in [0.1, 0.15) is 16.9 Å². The molecule has 6 heteroatoms. The number of fused-ring (bicyclic) bond motifs is 3. The minimum absolute atomic E-state index is 0.0754. The molecule has 6 nitrogen and oxygen atoms in total. The molecular weight excluding hydrogens is 346 g/mol. The van der Waals surface area contributed by atoms with Crippen molar-refractivity contribution in [2.45, 2.75) is 6.92 Å². The quantitative estimate of drug-likeness (QED) is 0.552. The van der Waals surface area contributed by atoms with Crippen LogP contribution in [0.2, 0.25) is 0 Å². The van der Waals surface area contributed by atoms with Crippen LogP contribution >= 0.6 is 0 Å². The molecule has 4 rings (SSSR count). The smallest absolute Gasteiger partial charge is 0.344 e. The lowest BCUT2D eigenvalue weighted by atomic mass is 9.99. The molecule has 0 aliphatic carbocycles. The van der Waals surface area contributed by atoms with Gasteiger partial charge >= 0.3 is 5.97 Å². The number of benzene rings is 2. The summed E-state index contributed by atoms with van der Waals surface area (Å²) in [4.78, 5) is 28.1. The van der Waals surface area contributed by atoms with Gasteiger partial charge in [-0.2, -0.15) is 0 Å². The van der Waals surface area contributed by atoms with Gasteiger partial charge in [-0.1, -0.05) is 24.3 Å². The number of para-hydroxylation sites is 1. The summed E-state index contributed by atoms with van der Waals surface area (Å²) in [5.41, 5.74) is 2.09. The van der Waals surface area contributed by atoms with Crippen LogP contribution in [-0.4, -0.2) is 24.7 Å². The van der Waals surface area contributed by atoms with Gasteiger partial charge in [-0.05, 0) is 36.8 Å². The molecule has 0 aliphatic rings. The zero-order valence-electron chi connectivity index (χ0n) is 14.9. The summed E-state index contributed by atoms with van der Waals surface area (Å²) in [5.74, 6) is -0.0194. The van der Waals surface area contributed by atoms with E-state index in [1.54, 1.807) is 38.3 Å². The van der Waals surface area contributed by atoms with E-state index in [9.17, 15) is 9.59 Å². The van der Waals surface area contributed by atoms with Gasteiger partial charge in [-0.25, -0.2) is 4.79 Å². The van der Waals surface area contributed by atoms with E-state index < -0.39 is 11.5 Å². The zero-order chi connectivity index (χ0) is 19.0. The Labute approximate surface area is 154 Å². The number of nitrogens with one attached hydrogen (secondary N) is 1. The molecule has 27 heavy (non-hydrogen) atoms. The molecule has 0 amide bonds. The molecule has 2 aromatic carbocycles. The van der Waals surface area contributed by atoms with E-state index in [0.717, 1.165) is 5.39 Å². The average molecular weight is 363 g/mol. The van der Waals surface area contributed by atoms with Crippen molar-refractivity contribution in [2.75, 3.05) is 13.7 Å². The third-order valence-corrected chi connectivity index (χ3v) is 4.40. The van der Waals surface area contributed by atoms with Gasteiger partial charge in [0.05, 0.1) is 19.2 Å².